The molecule has 0 aliphatic heterocycles. The smallest absolute Gasteiger partial charge is 0.0714 e. The molecule has 8 aromatic rings. The minimum Gasteiger partial charge on any atom is -0.0795 e. The van der Waals surface area contributed by atoms with Crippen molar-refractivity contribution in [2.75, 3.05) is 0 Å². The number of fused-ring (bicyclic) bond motifs is 3. The summed E-state index contributed by atoms with van der Waals surface area (Å²) < 4.78 is 0. The Bertz CT molecular complexity index is 2460. The van der Waals surface area contributed by atoms with Gasteiger partial charge < -0.3 is 0 Å². The highest BCUT2D eigenvalue weighted by Gasteiger charge is 2.41. The lowest BCUT2D eigenvalue weighted by Gasteiger charge is -2.31. The van der Waals surface area contributed by atoms with E-state index in [1.54, 1.807) is 0 Å². The quantitative estimate of drug-likeness (QED) is 0.151. The lowest BCUT2D eigenvalue weighted by atomic mass is 9.66. The molecule has 0 heteroatoms. The predicted octanol–water partition coefficient (Wildman–Crippen LogP) is 9.93. The highest BCUT2D eigenvalue weighted by Crippen LogP contribution is 2.58. The molecule has 0 N–H and O–H groups in total. The molecule has 11 rings (SSSR count). The monoisotopic (exact) mass is 475 g/mol. The first-order valence-electron chi connectivity index (χ1n) is 13.6. The van der Waals surface area contributed by atoms with Gasteiger partial charge >= 0.3 is 0 Å². The number of benzene rings is 8. The maximum Gasteiger partial charge on any atom is 0.0714 e. The molecule has 3 aliphatic rings. The molecule has 0 amide bonds. The average molecular weight is 476 g/mol. The van der Waals surface area contributed by atoms with E-state index in [0.717, 1.165) is 6.42 Å². The summed E-state index contributed by atoms with van der Waals surface area (Å²) in [5, 5.41) is 16.7. The molecule has 0 nitrogen and oxygen atoms in total. The fourth-order valence-electron chi connectivity index (χ4n) is 8.32. The fraction of sp³-hybridized carbons (Fsp3) is 0.0263. The number of rotatable bonds is 0. The predicted molar refractivity (Wildman–Crippen MR) is 161 cm³/mol. The summed E-state index contributed by atoms with van der Waals surface area (Å²) in [6.45, 7) is 0. The van der Waals surface area contributed by atoms with Crippen molar-refractivity contribution in [2.24, 2.45) is 0 Å². The molecule has 0 saturated heterocycles. The SMILES string of the molecule is C1=Cc2cc3cccc4cc5c6c(cc(c2c6c34)C1)-c1ccc2ccc3ccc4cccc6c4c3c2c1[C+]56. The van der Waals surface area contributed by atoms with Gasteiger partial charge in [0.25, 0.3) is 0 Å². The van der Waals surface area contributed by atoms with E-state index in [1.165, 1.54) is 109 Å². The van der Waals surface area contributed by atoms with Crippen LogP contribution < -0.4 is 0 Å². The molecule has 0 saturated carbocycles. The van der Waals surface area contributed by atoms with Gasteiger partial charge in [-0.2, -0.15) is 0 Å². The molecule has 0 bridgehead atoms. The Morgan fingerprint density at radius 1 is 0.474 bits per heavy atom. The summed E-state index contributed by atoms with van der Waals surface area (Å²) in [7, 11) is 0. The van der Waals surface area contributed by atoms with Crippen molar-refractivity contribution in [3.63, 3.8) is 0 Å². The van der Waals surface area contributed by atoms with E-state index >= 15 is 0 Å². The van der Waals surface area contributed by atoms with Gasteiger partial charge in [-0.3, -0.25) is 0 Å². The molecule has 3 aliphatic carbocycles. The normalized spacial score (nSPS) is 14.6. The summed E-state index contributed by atoms with van der Waals surface area (Å²) in [4.78, 5) is 0. The van der Waals surface area contributed by atoms with Gasteiger partial charge in [-0.15, -0.1) is 0 Å². The standard InChI is InChI=1S/C38H19/c1-5-22-16-23-6-2-8-25-18-29-35-27-9-3-4-19-10-11-20-12-13-21-14-15-26(37(35)34(21)33(20)32(19)27)28-17-24(7-1)30(22)38(31(23)25)36(28)29/h1-6,8-18H,7H2/q+1. The third-order valence-corrected chi connectivity index (χ3v) is 9.68. The van der Waals surface area contributed by atoms with Crippen LogP contribution in [0, 0.1) is 5.92 Å². The zero-order valence-corrected chi connectivity index (χ0v) is 20.5. The Morgan fingerprint density at radius 3 is 2.11 bits per heavy atom. The van der Waals surface area contributed by atoms with Gasteiger partial charge in [0.05, 0.1) is 22.6 Å². The molecule has 0 radical (unpaired) electrons. The zero-order valence-electron chi connectivity index (χ0n) is 20.5. The molecular formula is C38H19+. The van der Waals surface area contributed by atoms with Gasteiger partial charge in [0.1, 0.15) is 0 Å². The van der Waals surface area contributed by atoms with E-state index in [0.29, 0.717) is 0 Å². The molecule has 38 heavy (non-hydrogen) atoms. The van der Waals surface area contributed by atoms with Crippen molar-refractivity contribution >= 4 is 70.7 Å². The molecule has 0 unspecified atom stereocenters. The number of hydrogen-bond donors (Lipinski definition) is 0. The van der Waals surface area contributed by atoms with Gasteiger partial charge in [0, 0.05) is 59.6 Å². The first kappa shape index (κ1) is 18.4. The molecule has 0 aromatic heterocycles. The van der Waals surface area contributed by atoms with Crippen molar-refractivity contribution < 1.29 is 0 Å². The summed E-state index contributed by atoms with van der Waals surface area (Å²) >= 11 is 0. The Morgan fingerprint density at radius 2 is 1.21 bits per heavy atom. The molecule has 8 aromatic carbocycles. The van der Waals surface area contributed by atoms with Gasteiger partial charge in [0.15, 0.2) is 0 Å². The Kier molecular flexibility index (Phi) is 2.84. The van der Waals surface area contributed by atoms with Crippen LogP contribution in [0.5, 0.6) is 0 Å². The van der Waals surface area contributed by atoms with Crippen LogP contribution >= 0.6 is 0 Å². The Labute approximate surface area is 218 Å². The number of hydrogen-bond acceptors (Lipinski definition) is 0. The van der Waals surface area contributed by atoms with Crippen molar-refractivity contribution in [1.82, 2.24) is 0 Å². The van der Waals surface area contributed by atoms with E-state index in [4.69, 9.17) is 0 Å². The fourth-order valence-corrected chi connectivity index (χ4v) is 8.32. The topological polar surface area (TPSA) is 0 Å². The minimum absolute atomic E-state index is 0.995. The molecule has 0 heterocycles. The second-order valence-electron chi connectivity index (χ2n) is 11.4. The van der Waals surface area contributed by atoms with Gasteiger partial charge in [-0.05, 0) is 100 Å². The minimum atomic E-state index is 0.995. The van der Waals surface area contributed by atoms with Crippen molar-refractivity contribution in [2.45, 2.75) is 6.42 Å². The van der Waals surface area contributed by atoms with Crippen LogP contribution in [0.2, 0.25) is 0 Å². The second-order valence-corrected chi connectivity index (χ2v) is 11.4. The molecule has 0 fully saturated rings. The van der Waals surface area contributed by atoms with Crippen molar-refractivity contribution in [1.29, 1.82) is 0 Å². The first-order valence-corrected chi connectivity index (χ1v) is 13.6. The highest BCUT2D eigenvalue weighted by molar-refractivity contribution is 6.33. The average Bonchev–Trinajstić information content (AvgIpc) is 2.96. The number of allylic oxidation sites excluding steroid dienone is 1. The summed E-state index contributed by atoms with van der Waals surface area (Å²) in [5.41, 5.74) is 9.84. The molecular weight excluding hydrogens is 456 g/mol. The Balaban J connectivity index is 1.49. The highest BCUT2D eigenvalue weighted by atomic mass is 14.4. The second kappa shape index (κ2) is 5.85. The van der Waals surface area contributed by atoms with Crippen LogP contribution in [-0.2, 0) is 6.42 Å². The van der Waals surface area contributed by atoms with E-state index < -0.39 is 0 Å². The summed E-state index contributed by atoms with van der Waals surface area (Å²) in [6.07, 6.45) is 5.67. The largest absolute Gasteiger partial charge is 0.0795 e. The van der Waals surface area contributed by atoms with Crippen molar-refractivity contribution in [3.8, 4) is 11.1 Å². The lowest BCUT2D eigenvalue weighted by Crippen LogP contribution is -2.16. The first-order chi connectivity index (χ1) is 18.8. The van der Waals surface area contributed by atoms with E-state index in [1.807, 2.05) is 0 Å². The van der Waals surface area contributed by atoms with Gasteiger partial charge in [-0.1, -0.05) is 36.4 Å². The Hall–Kier alpha value is -4.81. The maximum absolute atomic E-state index is 2.52. The lowest BCUT2D eigenvalue weighted by molar-refractivity contribution is 1.25. The van der Waals surface area contributed by atoms with Gasteiger partial charge in [-0.25, -0.2) is 0 Å². The maximum atomic E-state index is 2.52. The third-order valence-electron chi connectivity index (χ3n) is 9.68. The van der Waals surface area contributed by atoms with Crippen molar-refractivity contribution in [3.05, 3.63) is 131 Å². The van der Waals surface area contributed by atoms with Crippen LogP contribution in [0.1, 0.15) is 27.8 Å². The van der Waals surface area contributed by atoms with Crippen LogP contribution in [0.4, 0.5) is 0 Å². The van der Waals surface area contributed by atoms with Crippen LogP contribution in [-0.4, -0.2) is 0 Å². The van der Waals surface area contributed by atoms with Gasteiger partial charge in [0.2, 0.25) is 0 Å². The molecule has 170 valence electrons. The van der Waals surface area contributed by atoms with E-state index in [-0.39, 0.29) is 0 Å². The molecule has 0 spiro atoms. The molecule has 0 atom stereocenters. The summed E-state index contributed by atoms with van der Waals surface area (Å²) in [5.74, 6) is 1.42. The van der Waals surface area contributed by atoms with Crippen LogP contribution in [0.25, 0.3) is 81.8 Å². The summed E-state index contributed by atoms with van der Waals surface area (Å²) in [6, 6.07) is 35.2. The van der Waals surface area contributed by atoms with Crippen LogP contribution in [0.15, 0.2) is 97.1 Å². The van der Waals surface area contributed by atoms with Crippen LogP contribution in [0.3, 0.4) is 0 Å². The van der Waals surface area contributed by atoms with E-state index in [2.05, 4.69) is 103 Å². The zero-order chi connectivity index (χ0) is 24.3. The van der Waals surface area contributed by atoms with E-state index in [9.17, 15) is 0 Å². The third kappa shape index (κ3) is 1.84.